The summed E-state index contributed by atoms with van der Waals surface area (Å²) < 4.78 is 2.11. The second kappa shape index (κ2) is 7.94. The summed E-state index contributed by atoms with van der Waals surface area (Å²) in [6.45, 7) is 4.71. The van der Waals surface area contributed by atoms with Crippen LogP contribution in [0.3, 0.4) is 0 Å². The number of para-hydroxylation sites is 2. The molecule has 0 spiro atoms. The van der Waals surface area contributed by atoms with Gasteiger partial charge in [0.1, 0.15) is 0 Å². The normalized spacial score (nSPS) is 11.7. The Morgan fingerprint density at radius 2 is 2.12 bits per heavy atom. The zero-order valence-corrected chi connectivity index (χ0v) is 15.0. The molecule has 2 aromatic heterocycles. The fraction of sp³-hybridized carbons (Fsp3) is 0.222. The molecule has 6 nitrogen and oxygen atoms in total. The molecule has 0 bridgehead atoms. The van der Waals surface area contributed by atoms with Gasteiger partial charge >= 0.3 is 0 Å². The van der Waals surface area contributed by atoms with Crippen molar-refractivity contribution < 1.29 is 4.79 Å². The Labute approximate surface area is 150 Å². The average Bonchev–Trinajstić information content (AvgIpc) is 3.02. The lowest BCUT2D eigenvalue weighted by molar-refractivity contribution is -0.118. The summed E-state index contributed by atoms with van der Waals surface area (Å²) >= 11 is 1.41. The third kappa shape index (κ3) is 4.06. The number of nitrogens with one attached hydrogen (secondary N) is 1. The minimum Gasteiger partial charge on any atom is -0.319 e. The van der Waals surface area contributed by atoms with E-state index in [2.05, 4.69) is 32.0 Å². The van der Waals surface area contributed by atoms with E-state index in [1.165, 1.54) is 11.8 Å². The average molecular weight is 353 g/mol. The van der Waals surface area contributed by atoms with E-state index in [1.807, 2.05) is 43.3 Å². The van der Waals surface area contributed by atoms with Gasteiger partial charge in [-0.1, -0.05) is 30.0 Å². The minimum absolute atomic E-state index is 0.164. The highest BCUT2D eigenvalue weighted by molar-refractivity contribution is 7.99. The van der Waals surface area contributed by atoms with Crippen LogP contribution in [0.1, 0.15) is 19.4 Å². The van der Waals surface area contributed by atoms with Crippen LogP contribution in [0.15, 0.2) is 59.0 Å². The predicted molar refractivity (Wildman–Crippen MR) is 101 cm³/mol. The van der Waals surface area contributed by atoms with Gasteiger partial charge in [0.25, 0.3) is 5.91 Å². The lowest BCUT2D eigenvalue weighted by atomic mass is 10.2. The van der Waals surface area contributed by atoms with E-state index in [0.29, 0.717) is 5.71 Å². The van der Waals surface area contributed by atoms with E-state index in [9.17, 15) is 4.79 Å². The second-order valence-corrected chi connectivity index (χ2v) is 6.33. The molecular weight excluding hydrogens is 334 g/mol. The standard InChI is InChI=1S/C18H19N5OS/c1-3-23-16-9-5-4-8-15(16)20-18(23)25-12-17(24)22-21-13(2)14-7-6-10-19-11-14/h4-11H,3,12H2,1-2H3,(H,22,24). The highest BCUT2D eigenvalue weighted by atomic mass is 32.2. The molecule has 0 atom stereocenters. The maximum absolute atomic E-state index is 12.1. The lowest BCUT2D eigenvalue weighted by Gasteiger charge is -2.05. The molecule has 0 saturated carbocycles. The summed E-state index contributed by atoms with van der Waals surface area (Å²) in [6.07, 6.45) is 3.41. The number of aromatic nitrogens is 3. The fourth-order valence-corrected chi connectivity index (χ4v) is 3.29. The van der Waals surface area contributed by atoms with E-state index in [-0.39, 0.29) is 11.7 Å². The Morgan fingerprint density at radius 1 is 1.28 bits per heavy atom. The first-order valence-electron chi connectivity index (χ1n) is 8.00. The highest BCUT2D eigenvalue weighted by Crippen LogP contribution is 2.23. The third-order valence-corrected chi connectivity index (χ3v) is 4.67. The Hall–Kier alpha value is -2.67. The molecule has 1 amide bonds. The molecule has 1 aromatic carbocycles. The van der Waals surface area contributed by atoms with Crippen LogP contribution in [0.5, 0.6) is 0 Å². The van der Waals surface area contributed by atoms with Crippen molar-refractivity contribution in [2.45, 2.75) is 25.5 Å². The van der Waals surface area contributed by atoms with Gasteiger partial charge in [-0.15, -0.1) is 0 Å². The number of rotatable bonds is 6. The van der Waals surface area contributed by atoms with Crippen LogP contribution in [-0.4, -0.2) is 31.9 Å². The van der Waals surface area contributed by atoms with Crippen molar-refractivity contribution in [3.63, 3.8) is 0 Å². The van der Waals surface area contributed by atoms with Crippen LogP contribution in [0.25, 0.3) is 11.0 Å². The number of aryl methyl sites for hydroxylation is 1. The molecule has 2 heterocycles. The van der Waals surface area contributed by atoms with Gasteiger partial charge in [-0.25, -0.2) is 10.4 Å². The molecule has 25 heavy (non-hydrogen) atoms. The molecule has 1 N–H and O–H groups in total. The number of pyridine rings is 1. The molecule has 0 fully saturated rings. The molecule has 0 saturated heterocycles. The largest absolute Gasteiger partial charge is 0.319 e. The number of thioether (sulfide) groups is 1. The van der Waals surface area contributed by atoms with E-state index >= 15 is 0 Å². The van der Waals surface area contributed by atoms with Gasteiger partial charge in [-0.3, -0.25) is 9.78 Å². The number of hydrogen-bond donors (Lipinski definition) is 1. The number of carbonyl (C=O) groups excluding carboxylic acids is 1. The molecule has 3 rings (SSSR count). The van der Waals surface area contributed by atoms with Crippen molar-refractivity contribution in [3.05, 3.63) is 54.4 Å². The SMILES string of the molecule is CCn1c(SCC(=O)NN=C(C)c2cccnc2)nc2ccccc21. The van der Waals surface area contributed by atoms with Gasteiger partial charge in [-0.2, -0.15) is 5.10 Å². The molecule has 0 radical (unpaired) electrons. The first kappa shape index (κ1) is 17.2. The van der Waals surface area contributed by atoms with E-state index in [1.54, 1.807) is 12.4 Å². The van der Waals surface area contributed by atoms with Crippen LogP contribution >= 0.6 is 11.8 Å². The van der Waals surface area contributed by atoms with Crippen LogP contribution < -0.4 is 5.43 Å². The first-order chi connectivity index (χ1) is 12.2. The second-order valence-electron chi connectivity index (χ2n) is 5.39. The third-order valence-electron chi connectivity index (χ3n) is 3.70. The van der Waals surface area contributed by atoms with Gasteiger partial charge in [0.2, 0.25) is 0 Å². The lowest BCUT2D eigenvalue weighted by Crippen LogP contribution is -2.21. The zero-order valence-electron chi connectivity index (χ0n) is 14.1. The molecule has 0 unspecified atom stereocenters. The number of carbonyl (C=O) groups is 1. The highest BCUT2D eigenvalue weighted by Gasteiger charge is 2.11. The van der Waals surface area contributed by atoms with Crippen molar-refractivity contribution in [3.8, 4) is 0 Å². The Kier molecular flexibility index (Phi) is 5.45. The number of amides is 1. The molecule has 0 aliphatic rings. The van der Waals surface area contributed by atoms with E-state index in [0.717, 1.165) is 28.3 Å². The van der Waals surface area contributed by atoms with Crippen molar-refractivity contribution in [1.29, 1.82) is 0 Å². The van der Waals surface area contributed by atoms with E-state index in [4.69, 9.17) is 0 Å². The van der Waals surface area contributed by atoms with Crippen LogP contribution in [-0.2, 0) is 11.3 Å². The summed E-state index contributed by atoms with van der Waals surface area (Å²) in [5.41, 5.74) is 6.20. The molecule has 7 heteroatoms. The fourth-order valence-electron chi connectivity index (χ4n) is 2.42. The first-order valence-corrected chi connectivity index (χ1v) is 8.99. The Bertz CT molecular complexity index is 904. The molecule has 0 aliphatic heterocycles. The summed E-state index contributed by atoms with van der Waals surface area (Å²) in [5.74, 6) is 0.0931. The van der Waals surface area contributed by atoms with Crippen molar-refractivity contribution in [2.24, 2.45) is 5.10 Å². The molecule has 3 aromatic rings. The van der Waals surface area contributed by atoms with Gasteiger partial charge in [0.05, 0.1) is 22.5 Å². The van der Waals surface area contributed by atoms with Gasteiger partial charge in [0.15, 0.2) is 5.16 Å². The summed E-state index contributed by atoms with van der Waals surface area (Å²) in [6, 6.07) is 11.7. The van der Waals surface area contributed by atoms with Crippen molar-refractivity contribution in [2.75, 3.05) is 5.75 Å². The van der Waals surface area contributed by atoms with Crippen molar-refractivity contribution >= 4 is 34.4 Å². The Morgan fingerprint density at radius 3 is 2.88 bits per heavy atom. The minimum atomic E-state index is -0.164. The Balaban J connectivity index is 1.63. The summed E-state index contributed by atoms with van der Waals surface area (Å²) in [7, 11) is 0. The number of hydrogen-bond acceptors (Lipinski definition) is 5. The van der Waals surface area contributed by atoms with Crippen LogP contribution in [0.2, 0.25) is 0 Å². The maximum atomic E-state index is 12.1. The molecule has 128 valence electrons. The summed E-state index contributed by atoms with van der Waals surface area (Å²) in [5, 5.41) is 4.97. The number of benzene rings is 1. The monoisotopic (exact) mass is 353 g/mol. The number of imidazole rings is 1. The van der Waals surface area contributed by atoms with Crippen molar-refractivity contribution in [1.82, 2.24) is 20.0 Å². The maximum Gasteiger partial charge on any atom is 0.250 e. The molecule has 0 aliphatic carbocycles. The summed E-state index contributed by atoms with van der Waals surface area (Å²) in [4.78, 5) is 20.7. The van der Waals surface area contributed by atoms with Gasteiger partial charge in [-0.05, 0) is 32.0 Å². The van der Waals surface area contributed by atoms with Gasteiger partial charge in [0, 0.05) is 24.5 Å². The quantitative estimate of drug-likeness (QED) is 0.420. The number of hydrazone groups is 1. The number of fused-ring (bicyclic) bond motifs is 1. The van der Waals surface area contributed by atoms with E-state index < -0.39 is 0 Å². The zero-order chi connectivity index (χ0) is 17.6. The van der Waals surface area contributed by atoms with Crippen LogP contribution in [0.4, 0.5) is 0 Å². The topological polar surface area (TPSA) is 72.2 Å². The predicted octanol–water partition coefficient (Wildman–Crippen LogP) is 3.08. The number of nitrogens with zero attached hydrogens (tertiary/aromatic N) is 4. The van der Waals surface area contributed by atoms with Crippen LogP contribution in [0, 0.1) is 0 Å². The van der Waals surface area contributed by atoms with Gasteiger partial charge < -0.3 is 4.57 Å². The molecular formula is C18H19N5OS. The smallest absolute Gasteiger partial charge is 0.250 e.